The van der Waals surface area contributed by atoms with Gasteiger partial charge in [-0.15, -0.1) is 0 Å². The van der Waals surface area contributed by atoms with Crippen LogP contribution in [0.4, 0.5) is 0 Å². The van der Waals surface area contributed by atoms with Crippen molar-refractivity contribution >= 4 is 28.4 Å². The second-order valence-electron chi connectivity index (χ2n) is 3.46. The number of Topliss-reactive ketones (excluding diaryl/α,β-unsaturated/α-hetero) is 1. The fraction of sp³-hybridized carbons (Fsp3) is 0.556. The van der Waals surface area contributed by atoms with Crippen molar-refractivity contribution in [3.8, 4) is 0 Å². The highest BCUT2D eigenvalue weighted by atomic mass is 127. The van der Waals surface area contributed by atoms with Crippen LogP contribution in [0.15, 0.2) is 6.20 Å². The molecule has 0 aromatic carbocycles. The van der Waals surface area contributed by atoms with Gasteiger partial charge in [-0.25, -0.2) is 0 Å². The molecule has 1 aromatic rings. The largest absolute Gasteiger partial charge is 0.294 e. The number of nitrogens with zero attached hydrogens (tertiary/aromatic N) is 2. The zero-order valence-electron chi connectivity index (χ0n) is 7.46. The second kappa shape index (κ2) is 3.40. The van der Waals surface area contributed by atoms with Crippen LogP contribution in [0.25, 0.3) is 0 Å². The lowest BCUT2D eigenvalue weighted by molar-refractivity contribution is 0.0854. The summed E-state index contributed by atoms with van der Waals surface area (Å²) >= 11 is 2.17. The Labute approximate surface area is 90.6 Å². The molecule has 0 N–H and O–H groups in total. The lowest BCUT2D eigenvalue weighted by Gasteiger charge is -2.23. The van der Waals surface area contributed by atoms with Crippen molar-refractivity contribution in [2.24, 2.45) is 13.0 Å². The molecule has 2 rings (SSSR count). The first-order valence-corrected chi connectivity index (χ1v) is 5.49. The van der Waals surface area contributed by atoms with Gasteiger partial charge in [0.25, 0.3) is 0 Å². The van der Waals surface area contributed by atoms with Gasteiger partial charge in [0, 0.05) is 13.0 Å². The molecule has 0 atom stereocenters. The fourth-order valence-corrected chi connectivity index (χ4v) is 2.01. The minimum atomic E-state index is 0.276. The highest BCUT2D eigenvalue weighted by Gasteiger charge is 2.28. The highest BCUT2D eigenvalue weighted by molar-refractivity contribution is 14.1. The van der Waals surface area contributed by atoms with E-state index in [0.717, 1.165) is 22.1 Å². The Bertz CT molecular complexity index is 341. The van der Waals surface area contributed by atoms with Gasteiger partial charge >= 0.3 is 0 Å². The number of hydrogen-bond acceptors (Lipinski definition) is 2. The normalized spacial score (nSPS) is 17.1. The van der Waals surface area contributed by atoms with E-state index in [-0.39, 0.29) is 11.7 Å². The Morgan fingerprint density at radius 2 is 2.38 bits per heavy atom. The summed E-state index contributed by atoms with van der Waals surface area (Å²) in [6.07, 6.45) is 5.00. The van der Waals surface area contributed by atoms with Crippen LogP contribution in [0.1, 0.15) is 29.6 Å². The Hall–Kier alpha value is -0.390. The molecule has 13 heavy (non-hydrogen) atoms. The third-order valence-electron chi connectivity index (χ3n) is 2.61. The highest BCUT2D eigenvalue weighted by Crippen LogP contribution is 2.30. The smallest absolute Gasteiger partial charge is 0.170 e. The van der Waals surface area contributed by atoms with Crippen molar-refractivity contribution in [2.45, 2.75) is 19.3 Å². The van der Waals surface area contributed by atoms with E-state index in [1.54, 1.807) is 10.9 Å². The molecule has 0 radical (unpaired) electrons. The zero-order chi connectivity index (χ0) is 9.42. The van der Waals surface area contributed by atoms with Gasteiger partial charge in [0.2, 0.25) is 0 Å². The van der Waals surface area contributed by atoms with Gasteiger partial charge in [-0.2, -0.15) is 5.10 Å². The number of hydrogen-bond donors (Lipinski definition) is 0. The van der Waals surface area contributed by atoms with Crippen molar-refractivity contribution in [1.29, 1.82) is 0 Å². The molecule has 1 saturated carbocycles. The van der Waals surface area contributed by atoms with Crippen LogP contribution in [0.2, 0.25) is 0 Å². The third-order valence-corrected chi connectivity index (χ3v) is 3.89. The first kappa shape index (κ1) is 9.18. The number of aromatic nitrogens is 2. The van der Waals surface area contributed by atoms with Gasteiger partial charge in [0.05, 0.1) is 11.8 Å². The molecule has 1 heterocycles. The van der Waals surface area contributed by atoms with E-state index in [4.69, 9.17) is 0 Å². The Morgan fingerprint density at radius 3 is 2.77 bits per heavy atom. The number of ketones is 1. The van der Waals surface area contributed by atoms with E-state index in [1.807, 2.05) is 7.05 Å². The predicted octanol–water partition coefficient (Wildman–Crippen LogP) is 2.01. The number of rotatable bonds is 2. The fourth-order valence-electron chi connectivity index (χ4n) is 1.48. The van der Waals surface area contributed by atoms with Crippen LogP contribution in [0, 0.1) is 9.62 Å². The number of aryl methyl sites for hydroxylation is 1. The van der Waals surface area contributed by atoms with Crippen LogP contribution in [0.5, 0.6) is 0 Å². The van der Waals surface area contributed by atoms with Gasteiger partial charge in [-0.05, 0) is 35.4 Å². The van der Waals surface area contributed by atoms with Crippen LogP contribution in [-0.2, 0) is 7.05 Å². The van der Waals surface area contributed by atoms with E-state index in [1.165, 1.54) is 6.42 Å². The summed E-state index contributed by atoms with van der Waals surface area (Å²) in [5.74, 6) is 0.557. The number of carbonyl (C=O) groups is 1. The number of carbonyl (C=O) groups excluding carboxylic acids is 1. The second-order valence-corrected chi connectivity index (χ2v) is 4.49. The Balaban J connectivity index is 2.24. The van der Waals surface area contributed by atoms with E-state index >= 15 is 0 Å². The molecular weight excluding hydrogens is 279 g/mol. The SMILES string of the molecule is Cn1ncc(C(=O)C2CCC2)c1I. The minimum Gasteiger partial charge on any atom is -0.294 e. The third kappa shape index (κ3) is 1.51. The van der Waals surface area contributed by atoms with Gasteiger partial charge in [0.15, 0.2) is 5.78 Å². The van der Waals surface area contributed by atoms with Crippen molar-refractivity contribution < 1.29 is 4.79 Å². The van der Waals surface area contributed by atoms with Crippen molar-refractivity contribution in [1.82, 2.24) is 9.78 Å². The summed E-state index contributed by atoms with van der Waals surface area (Å²) < 4.78 is 2.70. The lowest BCUT2D eigenvalue weighted by Crippen LogP contribution is -2.22. The minimum absolute atomic E-state index is 0.276. The average Bonchev–Trinajstić information content (AvgIpc) is 2.29. The standard InChI is InChI=1S/C9H11IN2O/c1-12-9(10)7(5-11-12)8(13)6-3-2-4-6/h5-6H,2-4H2,1H3. The van der Waals surface area contributed by atoms with E-state index in [2.05, 4.69) is 27.7 Å². The summed E-state index contributed by atoms with van der Waals surface area (Å²) in [6, 6.07) is 0. The van der Waals surface area contributed by atoms with E-state index in [0.29, 0.717) is 0 Å². The molecule has 4 heteroatoms. The molecule has 1 aromatic heterocycles. The molecule has 0 saturated heterocycles. The monoisotopic (exact) mass is 290 g/mol. The summed E-state index contributed by atoms with van der Waals surface area (Å²) in [5, 5.41) is 4.07. The summed E-state index contributed by atoms with van der Waals surface area (Å²) in [7, 11) is 1.86. The van der Waals surface area contributed by atoms with E-state index < -0.39 is 0 Å². The summed E-state index contributed by atoms with van der Waals surface area (Å²) in [5.41, 5.74) is 0.799. The molecule has 3 nitrogen and oxygen atoms in total. The van der Waals surface area contributed by atoms with Crippen LogP contribution in [-0.4, -0.2) is 15.6 Å². The quantitative estimate of drug-likeness (QED) is 0.617. The number of halogens is 1. The van der Waals surface area contributed by atoms with Crippen LogP contribution < -0.4 is 0 Å². The first-order chi connectivity index (χ1) is 6.20. The predicted molar refractivity (Wildman–Crippen MR) is 57.6 cm³/mol. The van der Waals surface area contributed by atoms with Gasteiger partial charge in [0.1, 0.15) is 3.70 Å². The van der Waals surface area contributed by atoms with Gasteiger partial charge in [-0.1, -0.05) is 6.42 Å². The van der Waals surface area contributed by atoms with Crippen LogP contribution >= 0.6 is 22.6 Å². The maximum Gasteiger partial charge on any atom is 0.170 e. The molecule has 0 unspecified atom stereocenters. The molecule has 1 aliphatic rings. The molecule has 70 valence electrons. The molecular formula is C9H11IN2O. The van der Waals surface area contributed by atoms with Crippen molar-refractivity contribution in [3.05, 3.63) is 15.5 Å². The zero-order valence-corrected chi connectivity index (χ0v) is 9.61. The molecule has 0 amide bonds. The van der Waals surface area contributed by atoms with Gasteiger partial charge in [-0.3, -0.25) is 9.48 Å². The Morgan fingerprint density at radius 1 is 1.69 bits per heavy atom. The van der Waals surface area contributed by atoms with Crippen LogP contribution in [0.3, 0.4) is 0 Å². The van der Waals surface area contributed by atoms with Crippen molar-refractivity contribution in [2.75, 3.05) is 0 Å². The topological polar surface area (TPSA) is 34.9 Å². The summed E-state index contributed by atoms with van der Waals surface area (Å²) in [6.45, 7) is 0. The summed E-state index contributed by atoms with van der Waals surface area (Å²) in [4.78, 5) is 11.8. The molecule has 1 fully saturated rings. The molecule has 0 bridgehead atoms. The molecule has 1 aliphatic carbocycles. The average molecular weight is 290 g/mol. The van der Waals surface area contributed by atoms with Gasteiger partial charge < -0.3 is 0 Å². The van der Waals surface area contributed by atoms with E-state index in [9.17, 15) is 4.79 Å². The molecule has 0 spiro atoms. The maximum absolute atomic E-state index is 11.8. The Kier molecular flexibility index (Phi) is 2.40. The lowest BCUT2D eigenvalue weighted by atomic mass is 9.80. The maximum atomic E-state index is 11.8. The van der Waals surface area contributed by atoms with Crippen molar-refractivity contribution in [3.63, 3.8) is 0 Å². The first-order valence-electron chi connectivity index (χ1n) is 4.42. The molecule has 0 aliphatic heterocycles.